The highest BCUT2D eigenvalue weighted by atomic mass is 32.1. The number of ether oxygens (including phenoxy) is 2. The summed E-state index contributed by atoms with van der Waals surface area (Å²) in [5, 5.41) is 5.20. The number of thiophene rings is 1. The number of para-hydroxylation sites is 2. The van der Waals surface area contributed by atoms with Gasteiger partial charge in [0.05, 0.1) is 11.5 Å². The molecule has 2 aromatic rings. The molecule has 1 aliphatic carbocycles. The lowest BCUT2D eigenvalue weighted by Gasteiger charge is -2.29. The summed E-state index contributed by atoms with van der Waals surface area (Å²) in [6.45, 7) is 5.21. The summed E-state index contributed by atoms with van der Waals surface area (Å²) in [6.07, 6.45) is 4.77. The molecule has 26 heavy (non-hydrogen) atoms. The van der Waals surface area contributed by atoms with Gasteiger partial charge in [-0.2, -0.15) is 0 Å². The van der Waals surface area contributed by atoms with Gasteiger partial charge in [0.1, 0.15) is 6.61 Å². The van der Waals surface area contributed by atoms with Crippen molar-refractivity contribution in [2.24, 2.45) is 5.92 Å². The van der Waals surface area contributed by atoms with Crippen molar-refractivity contribution in [3.05, 3.63) is 46.2 Å². The molecule has 1 N–H and O–H groups in total. The summed E-state index contributed by atoms with van der Waals surface area (Å²) >= 11 is 1.47. The van der Waals surface area contributed by atoms with Crippen molar-refractivity contribution >= 4 is 17.2 Å². The second-order valence-electron chi connectivity index (χ2n) is 6.83. The van der Waals surface area contributed by atoms with Crippen molar-refractivity contribution in [2.75, 3.05) is 6.61 Å². The van der Waals surface area contributed by atoms with E-state index in [-0.39, 0.29) is 5.91 Å². The van der Waals surface area contributed by atoms with Crippen LogP contribution in [0.1, 0.15) is 54.8 Å². The van der Waals surface area contributed by atoms with Crippen LogP contribution in [-0.4, -0.2) is 18.6 Å². The van der Waals surface area contributed by atoms with E-state index in [9.17, 15) is 4.79 Å². The molecule has 1 heterocycles. The zero-order chi connectivity index (χ0) is 18.4. The van der Waals surface area contributed by atoms with Crippen molar-refractivity contribution < 1.29 is 14.3 Å². The number of nitrogens with one attached hydrogen (secondary N) is 1. The highest BCUT2D eigenvalue weighted by Gasteiger charge is 2.23. The van der Waals surface area contributed by atoms with Crippen LogP contribution in [0.5, 0.6) is 11.5 Å². The van der Waals surface area contributed by atoms with Crippen molar-refractivity contribution in [1.29, 1.82) is 0 Å². The zero-order valence-corrected chi connectivity index (χ0v) is 16.3. The lowest BCUT2D eigenvalue weighted by molar-refractivity contribution is 0.0914. The lowest BCUT2D eigenvalue weighted by Crippen LogP contribution is -2.40. The fraction of sp³-hybridized carbons (Fsp3) is 0.476. The van der Waals surface area contributed by atoms with Crippen molar-refractivity contribution in [3.63, 3.8) is 0 Å². The fourth-order valence-electron chi connectivity index (χ4n) is 3.35. The minimum atomic E-state index is 0.0368. The molecule has 0 aliphatic heterocycles. The maximum atomic E-state index is 12.5. The van der Waals surface area contributed by atoms with E-state index in [2.05, 4.69) is 12.2 Å². The summed E-state index contributed by atoms with van der Waals surface area (Å²) < 4.78 is 11.5. The molecule has 140 valence electrons. The third kappa shape index (κ3) is 4.79. The molecule has 1 aromatic carbocycles. The Morgan fingerprint density at radius 3 is 2.65 bits per heavy atom. The second-order valence-corrected chi connectivity index (χ2v) is 7.74. The van der Waals surface area contributed by atoms with E-state index in [4.69, 9.17) is 9.47 Å². The second kappa shape index (κ2) is 9.08. The third-order valence-corrected chi connectivity index (χ3v) is 5.83. The molecular formula is C21H27NO3S. The van der Waals surface area contributed by atoms with Crippen LogP contribution in [0.25, 0.3) is 0 Å². The summed E-state index contributed by atoms with van der Waals surface area (Å²) in [7, 11) is 0. The Hall–Kier alpha value is -2.01. The first-order valence-corrected chi connectivity index (χ1v) is 10.3. The summed E-state index contributed by atoms with van der Waals surface area (Å²) in [5.41, 5.74) is 1.00. The van der Waals surface area contributed by atoms with Crippen LogP contribution in [0.3, 0.4) is 0 Å². The SMILES string of the molecule is CCOc1ccccc1OCc1csc(C(=O)NC2CCCCC2C)c1. The number of rotatable bonds is 7. The molecule has 0 saturated heterocycles. The molecule has 0 spiro atoms. The first-order valence-electron chi connectivity index (χ1n) is 9.40. The van der Waals surface area contributed by atoms with Crippen LogP contribution in [-0.2, 0) is 6.61 Å². The number of amides is 1. The molecule has 1 aliphatic rings. The van der Waals surface area contributed by atoms with Gasteiger partial charge in [0.2, 0.25) is 0 Å². The molecule has 1 amide bonds. The van der Waals surface area contributed by atoms with Crippen LogP contribution in [0.15, 0.2) is 35.7 Å². The maximum absolute atomic E-state index is 12.5. The van der Waals surface area contributed by atoms with Crippen LogP contribution in [0.2, 0.25) is 0 Å². The van der Waals surface area contributed by atoms with Gasteiger partial charge in [-0.3, -0.25) is 4.79 Å². The molecule has 1 saturated carbocycles. The number of benzene rings is 1. The summed E-state index contributed by atoms with van der Waals surface area (Å²) in [6, 6.07) is 9.88. The average molecular weight is 374 g/mol. The van der Waals surface area contributed by atoms with Crippen molar-refractivity contribution in [1.82, 2.24) is 5.32 Å². The van der Waals surface area contributed by atoms with Crippen molar-refractivity contribution in [2.45, 2.75) is 52.2 Å². The molecular weight excluding hydrogens is 346 g/mol. The molecule has 1 aromatic heterocycles. The summed E-state index contributed by atoms with van der Waals surface area (Å²) in [4.78, 5) is 13.3. The topological polar surface area (TPSA) is 47.6 Å². The first kappa shape index (κ1) is 18.8. The van der Waals surface area contributed by atoms with Gasteiger partial charge in [-0.05, 0) is 49.3 Å². The fourth-order valence-corrected chi connectivity index (χ4v) is 4.15. The van der Waals surface area contributed by atoms with Crippen LogP contribution in [0.4, 0.5) is 0 Å². The number of hydrogen-bond acceptors (Lipinski definition) is 4. The molecule has 4 nitrogen and oxygen atoms in total. The van der Waals surface area contributed by atoms with E-state index in [1.54, 1.807) is 0 Å². The number of hydrogen-bond donors (Lipinski definition) is 1. The van der Waals surface area contributed by atoms with Gasteiger partial charge in [-0.15, -0.1) is 11.3 Å². The summed E-state index contributed by atoms with van der Waals surface area (Å²) in [5.74, 6) is 2.07. The Morgan fingerprint density at radius 1 is 1.19 bits per heavy atom. The standard InChI is InChI=1S/C21H27NO3S/c1-3-24-18-10-6-7-11-19(18)25-13-16-12-20(26-14-16)21(23)22-17-9-5-4-8-15(17)2/h6-7,10-12,14-15,17H,3-5,8-9,13H2,1-2H3,(H,22,23). The minimum absolute atomic E-state index is 0.0368. The highest BCUT2D eigenvalue weighted by molar-refractivity contribution is 7.12. The Morgan fingerprint density at radius 2 is 1.92 bits per heavy atom. The van der Waals surface area contributed by atoms with Gasteiger partial charge in [0.25, 0.3) is 5.91 Å². The van der Waals surface area contributed by atoms with E-state index >= 15 is 0 Å². The molecule has 5 heteroatoms. The largest absolute Gasteiger partial charge is 0.490 e. The van der Waals surface area contributed by atoms with Gasteiger partial charge in [0, 0.05) is 11.6 Å². The molecule has 0 radical (unpaired) electrons. The van der Waals surface area contributed by atoms with E-state index in [0.717, 1.165) is 28.4 Å². The van der Waals surface area contributed by atoms with E-state index in [0.29, 0.717) is 25.2 Å². The Kier molecular flexibility index (Phi) is 6.56. The number of carbonyl (C=O) groups excluding carboxylic acids is 1. The van der Waals surface area contributed by atoms with Gasteiger partial charge in [-0.1, -0.05) is 31.9 Å². The van der Waals surface area contributed by atoms with E-state index < -0.39 is 0 Å². The first-order chi connectivity index (χ1) is 12.7. The van der Waals surface area contributed by atoms with E-state index in [1.807, 2.05) is 42.6 Å². The quantitative estimate of drug-likeness (QED) is 0.740. The van der Waals surface area contributed by atoms with Crippen LogP contribution < -0.4 is 14.8 Å². The smallest absolute Gasteiger partial charge is 0.261 e. The third-order valence-electron chi connectivity index (χ3n) is 4.85. The molecule has 0 bridgehead atoms. The molecule has 1 fully saturated rings. The molecule has 2 atom stereocenters. The Balaban J connectivity index is 1.57. The van der Waals surface area contributed by atoms with Gasteiger partial charge >= 0.3 is 0 Å². The zero-order valence-electron chi connectivity index (χ0n) is 15.5. The van der Waals surface area contributed by atoms with Crippen LogP contribution in [0, 0.1) is 5.92 Å². The normalized spacial score (nSPS) is 19.8. The van der Waals surface area contributed by atoms with Gasteiger partial charge in [-0.25, -0.2) is 0 Å². The van der Waals surface area contributed by atoms with Crippen molar-refractivity contribution in [3.8, 4) is 11.5 Å². The monoisotopic (exact) mass is 373 g/mol. The Bertz CT molecular complexity index is 728. The molecule has 2 unspecified atom stereocenters. The highest BCUT2D eigenvalue weighted by Crippen LogP contribution is 2.28. The Labute approximate surface area is 159 Å². The predicted molar refractivity (Wildman–Crippen MR) is 105 cm³/mol. The minimum Gasteiger partial charge on any atom is -0.490 e. The van der Waals surface area contributed by atoms with Gasteiger partial charge < -0.3 is 14.8 Å². The average Bonchev–Trinajstić information content (AvgIpc) is 3.12. The predicted octanol–water partition coefficient (Wildman–Crippen LogP) is 5.03. The van der Waals surface area contributed by atoms with Crippen LogP contribution >= 0.6 is 11.3 Å². The lowest BCUT2D eigenvalue weighted by atomic mass is 9.86. The maximum Gasteiger partial charge on any atom is 0.261 e. The van der Waals surface area contributed by atoms with E-state index in [1.165, 1.54) is 30.6 Å². The van der Waals surface area contributed by atoms with Gasteiger partial charge in [0.15, 0.2) is 11.5 Å². The number of carbonyl (C=O) groups is 1. The molecule has 3 rings (SSSR count).